The lowest BCUT2D eigenvalue weighted by Gasteiger charge is -2.09. The lowest BCUT2D eigenvalue weighted by molar-refractivity contribution is 0.188. The number of aromatic nitrogens is 1. The summed E-state index contributed by atoms with van der Waals surface area (Å²) in [7, 11) is -3.27. The van der Waals surface area contributed by atoms with Gasteiger partial charge in [-0.3, -0.25) is 0 Å². The van der Waals surface area contributed by atoms with E-state index in [1.165, 1.54) is 0 Å². The smallest absolute Gasteiger partial charge is 0.226 e. The van der Waals surface area contributed by atoms with E-state index in [0.29, 0.717) is 32.1 Å². The maximum absolute atomic E-state index is 12.0. The molecule has 1 aromatic carbocycles. The fraction of sp³-hybridized carbons (Fsp3) is 0.438. The molecule has 23 heavy (non-hydrogen) atoms. The topological polar surface area (TPSA) is 81.4 Å². The van der Waals surface area contributed by atoms with Crippen LogP contribution in [0.15, 0.2) is 41.0 Å². The van der Waals surface area contributed by atoms with Gasteiger partial charge in [0.15, 0.2) is 0 Å². The van der Waals surface area contributed by atoms with Gasteiger partial charge in [-0.25, -0.2) is 18.1 Å². The Balaban J connectivity index is 1.50. The third kappa shape index (κ3) is 4.63. The third-order valence-electron chi connectivity index (χ3n) is 3.75. The van der Waals surface area contributed by atoms with Crippen LogP contribution in [0.25, 0.3) is 11.5 Å². The first kappa shape index (κ1) is 16.2. The first-order chi connectivity index (χ1) is 11.1. The molecule has 1 N–H and O–H groups in total. The summed E-state index contributed by atoms with van der Waals surface area (Å²) in [6.07, 6.45) is 2.88. The van der Waals surface area contributed by atoms with Gasteiger partial charge in [-0.15, -0.1) is 0 Å². The molecule has 124 valence electrons. The number of nitrogens with one attached hydrogen (secondary N) is 1. The lowest BCUT2D eigenvalue weighted by atomic mass is 10.2. The number of ether oxygens (including phenoxy) is 1. The van der Waals surface area contributed by atoms with E-state index in [1.54, 1.807) is 6.26 Å². The Hall–Kier alpha value is -1.70. The molecule has 0 saturated carbocycles. The monoisotopic (exact) mass is 336 g/mol. The van der Waals surface area contributed by atoms with Crippen LogP contribution in [-0.4, -0.2) is 38.9 Å². The number of benzene rings is 1. The zero-order chi connectivity index (χ0) is 16.1. The summed E-state index contributed by atoms with van der Waals surface area (Å²) in [5.41, 5.74) is 1.64. The molecule has 1 atom stereocenters. The molecule has 7 heteroatoms. The Kier molecular flexibility index (Phi) is 5.09. The molecule has 1 aliphatic heterocycles. The van der Waals surface area contributed by atoms with E-state index < -0.39 is 10.0 Å². The Morgan fingerprint density at radius 3 is 2.83 bits per heavy atom. The van der Waals surface area contributed by atoms with Crippen molar-refractivity contribution in [1.29, 1.82) is 0 Å². The summed E-state index contributed by atoms with van der Waals surface area (Å²) in [6.45, 7) is 1.50. The predicted molar refractivity (Wildman–Crippen MR) is 86.4 cm³/mol. The van der Waals surface area contributed by atoms with E-state index in [2.05, 4.69) is 9.71 Å². The Morgan fingerprint density at radius 2 is 2.09 bits per heavy atom. The highest BCUT2D eigenvalue weighted by Gasteiger charge is 2.22. The molecule has 6 nitrogen and oxygen atoms in total. The van der Waals surface area contributed by atoms with Crippen molar-refractivity contribution in [2.75, 3.05) is 25.5 Å². The van der Waals surface area contributed by atoms with Crippen LogP contribution >= 0.6 is 0 Å². The van der Waals surface area contributed by atoms with Gasteiger partial charge in [0.2, 0.25) is 15.9 Å². The number of oxazole rings is 1. The molecule has 2 aromatic rings. The van der Waals surface area contributed by atoms with Crippen molar-refractivity contribution in [3.05, 3.63) is 42.3 Å². The van der Waals surface area contributed by atoms with Crippen molar-refractivity contribution in [3.8, 4) is 11.5 Å². The van der Waals surface area contributed by atoms with Crippen LogP contribution in [0.4, 0.5) is 0 Å². The fourth-order valence-corrected chi connectivity index (χ4v) is 3.97. The molecule has 1 saturated heterocycles. The summed E-state index contributed by atoms with van der Waals surface area (Å²) >= 11 is 0. The number of nitrogens with zero attached hydrogens (tertiary/aromatic N) is 1. The van der Waals surface area contributed by atoms with Gasteiger partial charge >= 0.3 is 0 Å². The molecule has 0 spiro atoms. The van der Waals surface area contributed by atoms with E-state index in [4.69, 9.17) is 9.15 Å². The van der Waals surface area contributed by atoms with Crippen LogP contribution in [0.2, 0.25) is 0 Å². The molecule has 0 bridgehead atoms. The van der Waals surface area contributed by atoms with Gasteiger partial charge in [-0.1, -0.05) is 18.2 Å². The maximum atomic E-state index is 12.0. The van der Waals surface area contributed by atoms with Crippen molar-refractivity contribution in [3.63, 3.8) is 0 Å². The van der Waals surface area contributed by atoms with E-state index >= 15 is 0 Å². The second-order valence-corrected chi connectivity index (χ2v) is 7.52. The molecule has 2 heterocycles. The van der Waals surface area contributed by atoms with Gasteiger partial charge in [-0.05, 0) is 24.5 Å². The predicted octanol–water partition coefficient (Wildman–Crippen LogP) is 1.84. The minimum absolute atomic E-state index is 0.101. The van der Waals surface area contributed by atoms with Crippen molar-refractivity contribution >= 4 is 10.0 Å². The zero-order valence-corrected chi connectivity index (χ0v) is 13.6. The second kappa shape index (κ2) is 7.25. The molecule has 0 unspecified atom stereocenters. The SMILES string of the molecule is O=S(=O)(C[C@@H]1CCOC1)NCCc1coc(-c2ccccc2)n1. The Morgan fingerprint density at radius 1 is 1.26 bits per heavy atom. The first-order valence-corrected chi connectivity index (χ1v) is 9.32. The van der Waals surface area contributed by atoms with Gasteiger partial charge in [0.05, 0.1) is 18.1 Å². The van der Waals surface area contributed by atoms with Crippen LogP contribution in [0.5, 0.6) is 0 Å². The number of rotatable bonds is 7. The average molecular weight is 336 g/mol. The largest absolute Gasteiger partial charge is 0.444 e. The molecule has 3 rings (SSSR count). The van der Waals surface area contributed by atoms with Gasteiger partial charge in [0.1, 0.15) is 6.26 Å². The number of hydrogen-bond acceptors (Lipinski definition) is 5. The summed E-state index contributed by atoms with van der Waals surface area (Å²) in [6, 6.07) is 9.60. The summed E-state index contributed by atoms with van der Waals surface area (Å²) in [4.78, 5) is 4.38. The number of sulfonamides is 1. The average Bonchev–Trinajstić information content (AvgIpc) is 3.19. The quantitative estimate of drug-likeness (QED) is 0.834. The highest BCUT2D eigenvalue weighted by atomic mass is 32.2. The summed E-state index contributed by atoms with van der Waals surface area (Å²) < 4.78 is 37.2. The van der Waals surface area contributed by atoms with Crippen LogP contribution in [0, 0.1) is 5.92 Å². The third-order valence-corrected chi connectivity index (χ3v) is 5.31. The van der Waals surface area contributed by atoms with Crippen LogP contribution < -0.4 is 4.72 Å². The van der Waals surface area contributed by atoms with Crippen LogP contribution in [0.1, 0.15) is 12.1 Å². The lowest BCUT2D eigenvalue weighted by Crippen LogP contribution is -2.31. The minimum Gasteiger partial charge on any atom is -0.444 e. The zero-order valence-electron chi connectivity index (χ0n) is 12.8. The Labute approximate surface area is 135 Å². The van der Waals surface area contributed by atoms with E-state index in [9.17, 15) is 8.42 Å². The maximum Gasteiger partial charge on any atom is 0.226 e. The molecule has 1 fully saturated rings. The molecule has 0 radical (unpaired) electrons. The minimum atomic E-state index is -3.27. The van der Waals surface area contributed by atoms with Gasteiger partial charge in [0, 0.05) is 25.1 Å². The molecule has 0 amide bonds. The van der Waals surface area contributed by atoms with Gasteiger partial charge in [0.25, 0.3) is 0 Å². The van der Waals surface area contributed by atoms with Crippen molar-refractivity contribution in [1.82, 2.24) is 9.71 Å². The van der Waals surface area contributed by atoms with Gasteiger partial charge < -0.3 is 9.15 Å². The molecule has 0 aliphatic carbocycles. The number of hydrogen-bond donors (Lipinski definition) is 1. The molecular weight excluding hydrogens is 316 g/mol. The van der Waals surface area contributed by atoms with Crippen molar-refractivity contribution < 1.29 is 17.6 Å². The summed E-state index contributed by atoms with van der Waals surface area (Å²) in [5.74, 6) is 0.775. The first-order valence-electron chi connectivity index (χ1n) is 7.67. The fourth-order valence-electron chi connectivity index (χ4n) is 2.55. The van der Waals surface area contributed by atoms with Crippen LogP contribution in [-0.2, 0) is 21.2 Å². The normalized spacial score (nSPS) is 18.3. The standard InChI is InChI=1S/C16H20N2O4S/c19-23(20,12-13-7-9-21-10-13)17-8-6-15-11-22-16(18-15)14-4-2-1-3-5-14/h1-5,11,13,17H,6-10,12H2/t13-/m1/s1. The van der Waals surface area contributed by atoms with E-state index in [1.807, 2.05) is 30.3 Å². The Bertz CT molecular complexity index is 722. The van der Waals surface area contributed by atoms with Crippen molar-refractivity contribution in [2.24, 2.45) is 5.92 Å². The molecule has 1 aromatic heterocycles. The second-order valence-electron chi connectivity index (χ2n) is 5.67. The highest BCUT2D eigenvalue weighted by molar-refractivity contribution is 7.89. The van der Waals surface area contributed by atoms with Crippen molar-refractivity contribution in [2.45, 2.75) is 12.8 Å². The van der Waals surface area contributed by atoms with Crippen LogP contribution in [0.3, 0.4) is 0 Å². The van der Waals surface area contributed by atoms with E-state index in [-0.39, 0.29) is 11.7 Å². The molecular formula is C16H20N2O4S. The molecule has 1 aliphatic rings. The summed E-state index contributed by atoms with van der Waals surface area (Å²) in [5, 5.41) is 0. The highest BCUT2D eigenvalue weighted by Crippen LogP contribution is 2.18. The van der Waals surface area contributed by atoms with E-state index in [0.717, 1.165) is 17.7 Å². The van der Waals surface area contributed by atoms with Gasteiger partial charge in [-0.2, -0.15) is 0 Å².